The van der Waals surface area contributed by atoms with E-state index < -0.39 is 5.54 Å². The van der Waals surface area contributed by atoms with Gasteiger partial charge in [-0.3, -0.25) is 9.88 Å². The molecule has 0 saturated carbocycles. The van der Waals surface area contributed by atoms with Crippen LogP contribution in [0.2, 0.25) is 0 Å². The van der Waals surface area contributed by atoms with Gasteiger partial charge in [0.1, 0.15) is 0 Å². The van der Waals surface area contributed by atoms with Crippen LogP contribution >= 0.6 is 0 Å². The van der Waals surface area contributed by atoms with Crippen LogP contribution in [0.4, 0.5) is 0 Å². The summed E-state index contributed by atoms with van der Waals surface area (Å²) in [6.45, 7) is 8.28. The number of pyridine rings is 1. The molecule has 0 aliphatic heterocycles. The van der Waals surface area contributed by atoms with E-state index in [1.54, 1.807) is 6.20 Å². The van der Waals surface area contributed by atoms with E-state index in [0.717, 1.165) is 5.69 Å². The normalized spacial score (nSPS) is 14.1. The summed E-state index contributed by atoms with van der Waals surface area (Å²) in [6.07, 6.45) is 2.50. The van der Waals surface area contributed by atoms with Crippen LogP contribution in [-0.4, -0.2) is 22.0 Å². The lowest BCUT2D eigenvalue weighted by molar-refractivity contribution is 0.0533. The van der Waals surface area contributed by atoms with Gasteiger partial charge in [0.05, 0.1) is 17.8 Å². The summed E-state index contributed by atoms with van der Waals surface area (Å²) >= 11 is 0. The molecule has 4 heteroatoms. The maximum atomic E-state index is 9.88. The standard InChI is InChI=1S/C16H22N4/c1-13(2)20(14(3)4)16(12-18,9-7-10-17)15-8-5-6-11-19-15/h5-6,8,11,13-14H,7,9H2,1-4H3. The SMILES string of the molecule is CC(C)N(C(C)C)C(C#N)(CCC#N)c1ccccn1. The Labute approximate surface area is 121 Å². The summed E-state index contributed by atoms with van der Waals surface area (Å²) in [5.41, 5.74) is -0.126. The van der Waals surface area contributed by atoms with Crippen molar-refractivity contribution in [2.24, 2.45) is 0 Å². The van der Waals surface area contributed by atoms with E-state index in [2.05, 4.69) is 49.7 Å². The van der Waals surface area contributed by atoms with Gasteiger partial charge < -0.3 is 0 Å². The van der Waals surface area contributed by atoms with Crippen molar-refractivity contribution in [3.05, 3.63) is 30.1 Å². The predicted molar refractivity (Wildman–Crippen MR) is 78.5 cm³/mol. The minimum absolute atomic E-state index is 0.190. The van der Waals surface area contributed by atoms with Gasteiger partial charge in [-0.15, -0.1) is 0 Å². The van der Waals surface area contributed by atoms with Gasteiger partial charge in [-0.1, -0.05) is 6.07 Å². The lowest BCUT2D eigenvalue weighted by Gasteiger charge is -2.43. The van der Waals surface area contributed by atoms with Crippen LogP contribution in [0.25, 0.3) is 0 Å². The average molecular weight is 270 g/mol. The summed E-state index contributed by atoms with van der Waals surface area (Å²) in [6, 6.07) is 10.6. The average Bonchev–Trinajstić information content (AvgIpc) is 2.43. The largest absolute Gasteiger partial charge is 0.276 e. The first kappa shape index (κ1) is 16.1. The van der Waals surface area contributed by atoms with E-state index in [4.69, 9.17) is 5.26 Å². The fourth-order valence-corrected chi connectivity index (χ4v) is 2.88. The zero-order chi connectivity index (χ0) is 15.2. The Morgan fingerprint density at radius 1 is 1.20 bits per heavy atom. The molecule has 1 unspecified atom stereocenters. The van der Waals surface area contributed by atoms with Crippen molar-refractivity contribution in [3.8, 4) is 12.1 Å². The summed E-state index contributed by atoms with van der Waals surface area (Å²) in [4.78, 5) is 6.53. The first-order valence-corrected chi connectivity index (χ1v) is 6.97. The third kappa shape index (κ3) is 3.15. The molecule has 0 spiro atoms. The topological polar surface area (TPSA) is 63.7 Å². The molecule has 0 aliphatic rings. The summed E-state index contributed by atoms with van der Waals surface area (Å²) < 4.78 is 0. The Hall–Kier alpha value is -1.91. The van der Waals surface area contributed by atoms with Crippen LogP contribution in [0.15, 0.2) is 24.4 Å². The van der Waals surface area contributed by atoms with Gasteiger partial charge in [-0.05, 0) is 46.2 Å². The van der Waals surface area contributed by atoms with Crippen LogP contribution in [0, 0.1) is 22.7 Å². The molecule has 1 aromatic rings. The summed E-state index contributed by atoms with van der Waals surface area (Å²) in [5.74, 6) is 0. The van der Waals surface area contributed by atoms with Crippen molar-refractivity contribution >= 4 is 0 Å². The van der Waals surface area contributed by atoms with E-state index in [1.807, 2.05) is 18.2 Å². The molecule has 106 valence electrons. The molecule has 0 radical (unpaired) electrons. The molecule has 4 nitrogen and oxygen atoms in total. The third-order valence-electron chi connectivity index (χ3n) is 3.43. The van der Waals surface area contributed by atoms with Crippen LogP contribution in [-0.2, 0) is 5.54 Å². The van der Waals surface area contributed by atoms with Crippen molar-refractivity contribution in [1.82, 2.24) is 9.88 Å². The highest BCUT2D eigenvalue weighted by atomic mass is 15.2. The Morgan fingerprint density at radius 2 is 1.85 bits per heavy atom. The number of hydrogen-bond donors (Lipinski definition) is 0. The zero-order valence-corrected chi connectivity index (χ0v) is 12.7. The molecule has 0 bridgehead atoms. The van der Waals surface area contributed by atoms with Gasteiger partial charge >= 0.3 is 0 Å². The van der Waals surface area contributed by atoms with Crippen molar-refractivity contribution in [1.29, 1.82) is 10.5 Å². The molecule has 0 saturated heterocycles. The monoisotopic (exact) mass is 270 g/mol. The molecule has 0 fully saturated rings. The lowest BCUT2D eigenvalue weighted by Crippen LogP contribution is -2.52. The molecule has 1 rings (SSSR count). The molecular weight excluding hydrogens is 248 g/mol. The Morgan fingerprint density at radius 3 is 2.25 bits per heavy atom. The highest BCUT2D eigenvalue weighted by Crippen LogP contribution is 2.35. The minimum atomic E-state index is -0.848. The number of nitriles is 2. The van der Waals surface area contributed by atoms with Crippen LogP contribution < -0.4 is 0 Å². The van der Waals surface area contributed by atoms with Crippen LogP contribution in [0.1, 0.15) is 46.2 Å². The summed E-state index contributed by atoms with van der Waals surface area (Å²) in [7, 11) is 0. The van der Waals surface area contributed by atoms with E-state index in [0.29, 0.717) is 12.8 Å². The zero-order valence-electron chi connectivity index (χ0n) is 12.7. The second-order valence-corrected chi connectivity index (χ2v) is 5.44. The third-order valence-corrected chi connectivity index (χ3v) is 3.43. The van der Waals surface area contributed by atoms with Gasteiger partial charge in [0.25, 0.3) is 0 Å². The first-order valence-electron chi connectivity index (χ1n) is 6.97. The Balaban J connectivity index is 3.40. The minimum Gasteiger partial charge on any atom is -0.276 e. The number of aromatic nitrogens is 1. The molecule has 0 aliphatic carbocycles. The Bertz CT molecular complexity index is 487. The molecule has 20 heavy (non-hydrogen) atoms. The smallest absolute Gasteiger partial charge is 0.153 e. The first-order chi connectivity index (χ1) is 9.49. The van der Waals surface area contributed by atoms with Crippen LogP contribution in [0.5, 0.6) is 0 Å². The Kier molecular flexibility index (Phi) is 5.67. The molecule has 1 aromatic heterocycles. The predicted octanol–water partition coefficient (Wildman–Crippen LogP) is 3.22. The fourth-order valence-electron chi connectivity index (χ4n) is 2.88. The molecule has 1 heterocycles. The van der Waals surface area contributed by atoms with E-state index in [9.17, 15) is 5.26 Å². The lowest BCUT2D eigenvalue weighted by atomic mass is 9.86. The number of rotatable bonds is 6. The molecule has 0 amide bonds. The maximum absolute atomic E-state index is 9.88. The molecule has 1 atom stereocenters. The number of hydrogen-bond acceptors (Lipinski definition) is 4. The molecule has 0 N–H and O–H groups in total. The second kappa shape index (κ2) is 7.03. The number of nitrogens with zero attached hydrogens (tertiary/aromatic N) is 4. The highest BCUT2D eigenvalue weighted by Gasteiger charge is 2.42. The van der Waals surface area contributed by atoms with Gasteiger partial charge in [0.15, 0.2) is 5.54 Å². The molecular formula is C16H22N4. The molecule has 0 aromatic carbocycles. The quantitative estimate of drug-likeness (QED) is 0.796. The van der Waals surface area contributed by atoms with Crippen molar-refractivity contribution in [2.75, 3.05) is 0 Å². The highest BCUT2D eigenvalue weighted by molar-refractivity contribution is 5.26. The van der Waals surface area contributed by atoms with E-state index in [-0.39, 0.29) is 12.1 Å². The van der Waals surface area contributed by atoms with E-state index >= 15 is 0 Å². The van der Waals surface area contributed by atoms with Crippen molar-refractivity contribution in [2.45, 2.75) is 58.2 Å². The second-order valence-electron chi connectivity index (χ2n) is 5.44. The van der Waals surface area contributed by atoms with Crippen molar-refractivity contribution in [3.63, 3.8) is 0 Å². The van der Waals surface area contributed by atoms with Gasteiger partial charge in [-0.25, -0.2) is 0 Å². The fraction of sp³-hybridized carbons (Fsp3) is 0.562. The van der Waals surface area contributed by atoms with E-state index in [1.165, 1.54) is 0 Å². The van der Waals surface area contributed by atoms with Gasteiger partial charge in [-0.2, -0.15) is 10.5 Å². The van der Waals surface area contributed by atoms with Crippen molar-refractivity contribution < 1.29 is 0 Å². The summed E-state index contributed by atoms with van der Waals surface area (Å²) in [5, 5.41) is 18.8. The van der Waals surface area contributed by atoms with Gasteiger partial charge in [0.2, 0.25) is 0 Å². The van der Waals surface area contributed by atoms with Gasteiger partial charge in [0, 0.05) is 24.7 Å². The van der Waals surface area contributed by atoms with Crippen LogP contribution in [0.3, 0.4) is 0 Å². The maximum Gasteiger partial charge on any atom is 0.153 e.